The highest BCUT2D eigenvalue weighted by atomic mass is 19.4. The highest BCUT2D eigenvalue weighted by molar-refractivity contribution is 5.94. The Morgan fingerprint density at radius 1 is 1.19 bits per heavy atom. The molecule has 0 aliphatic rings. The van der Waals surface area contributed by atoms with Crippen LogP contribution in [-0.2, 0) is 17.5 Å². The number of hydrogen-bond acceptors (Lipinski definition) is 2. The first-order chi connectivity index (χ1) is 12.7. The van der Waals surface area contributed by atoms with Gasteiger partial charge in [0.15, 0.2) is 0 Å². The van der Waals surface area contributed by atoms with E-state index in [1.807, 2.05) is 35.7 Å². The summed E-state index contributed by atoms with van der Waals surface area (Å²) >= 11 is 0. The minimum atomic E-state index is -4.38. The summed E-state index contributed by atoms with van der Waals surface area (Å²) in [5, 5.41) is 2.74. The Kier molecular flexibility index (Phi) is 5.03. The van der Waals surface area contributed by atoms with Crippen molar-refractivity contribution in [2.75, 3.05) is 0 Å². The van der Waals surface area contributed by atoms with Crippen LogP contribution in [0.3, 0.4) is 0 Å². The van der Waals surface area contributed by atoms with E-state index in [1.165, 1.54) is 18.2 Å². The molecule has 0 unspecified atom stereocenters. The number of rotatable bonds is 4. The first-order valence-corrected chi connectivity index (χ1v) is 8.31. The summed E-state index contributed by atoms with van der Waals surface area (Å²) in [5.74, 6) is -0.332. The van der Waals surface area contributed by atoms with Gasteiger partial charge in [-0.05, 0) is 49.2 Å². The number of nitrogens with one attached hydrogen (secondary N) is 1. The number of pyridine rings is 1. The fourth-order valence-corrected chi connectivity index (χ4v) is 2.71. The molecular formula is C20H18F3N3O. The van der Waals surface area contributed by atoms with E-state index in [2.05, 4.69) is 10.3 Å². The minimum absolute atomic E-state index is 0.261. The number of carbonyl (C=O) groups is 1. The van der Waals surface area contributed by atoms with Crippen LogP contribution in [0.1, 0.15) is 29.4 Å². The quantitative estimate of drug-likeness (QED) is 0.690. The lowest BCUT2D eigenvalue weighted by Crippen LogP contribution is -2.20. The van der Waals surface area contributed by atoms with Crippen LogP contribution in [0.2, 0.25) is 0 Å². The van der Waals surface area contributed by atoms with E-state index in [0.29, 0.717) is 11.1 Å². The normalized spacial score (nSPS) is 12.4. The Morgan fingerprint density at radius 3 is 2.52 bits per heavy atom. The van der Waals surface area contributed by atoms with Crippen molar-refractivity contribution in [3.05, 3.63) is 77.3 Å². The number of benzene rings is 1. The molecule has 0 fully saturated rings. The van der Waals surface area contributed by atoms with E-state index in [0.717, 1.165) is 29.2 Å². The van der Waals surface area contributed by atoms with Gasteiger partial charge in [-0.1, -0.05) is 18.2 Å². The summed E-state index contributed by atoms with van der Waals surface area (Å²) in [6.07, 6.45) is -1.15. The van der Waals surface area contributed by atoms with Crippen molar-refractivity contribution in [1.29, 1.82) is 0 Å². The van der Waals surface area contributed by atoms with Crippen LogP contribution in [0.15, 0.2) is 54.7 Å². The molecule has 0 saturated carbocycles. The number of halogens is 3. The summed E-state index contributed by atoms with van der Waals surface area (Å²) in [5.41, 5.74) is 2.98. The number of alkyl halides is 3. The predicted molar refractivity (Wildman–Crippen MR) is 96.9 cm³/mol. The molecule has 1 N–H and O–H groups in total. The van der Waals surface area contributed by atoms with Gasteiger partial charge in [-0.2, -0.15) is 13.2 Å². The molecule has 1 amide bonds. The van der Waals surface area contributed by atoms with E-state index >= 15 is 0 Å². The molecule has 0 radical (unpaired) electrons. The molecule has 0 aliphatic carbocycles. The molecule has 0 atom stereocenters. The highest BCUT2D eigenvalue weighted by Gasteiger charge is 2.29. The van der Waals surface area contributed by atoms with Crippen molar-refractivity contribution in [2.45, 2.75) is 26.6 Å². The summed E-state index contributed by atoms with van der Waals surface area (Å²) < 4.78 is 39.8. The SMILES string of the molecule is CC(=CC(=O)NCc1cn2c(C)cccc2n1)c1ccc(C(F)(F)F)cc1. The van der Waals surface area contributed by atoms with E-state index in [1.54, 1.807) is 6.92 Å². The van der Waals surface area contributed by atoms with Crippen molar-refractivity contribution in [1.82, 2.24) is 14.7 Å². The van der Waals surface area contributed by atoms with Gasteiger partial charge in [0, 0.05) is 18.0 Å². The number of amides is 1. The largest absolute Gasteiger partial charge is 0.416 e. The number of aromatic nitrogens is 2. The molecule has 1 aromatic carbocycles. The lowest BCUT2D eigenvalue weighted by Gasteiger charge is -2.08. The molecule has 0 saturated heterocycles. The zero-order valence-electron chi connectivity index (χ0n) is 14.8. The average Bonchev–Trinajstić information content (AvgIpc) is 3.04. The molecule has 7 heteroatoms. The molecule has 3 aromatic rings. The van der Waals surface area contributed by atoms with Gasteiger partial charge in [0.2, 0.25) is 5.91 Å². The third-order valence-corrected chi connectivity index (χ3v) is 4.20. The Balaban J connectivity index is 1.65. The van der Waals surface area contributed by atoms with Crippen LogP contribution in [-0.4, -0.2) is 15.3 Å². The second-order valence-corrected chi connectivity index (χ2v) is 6.25. The van der Waals surface area contributed by atoms with E-state index in [-0.39, 0.29) is 12.5 Å². The zero-order valence-corrected chi connectivity index (χ0v) is 14.8. The molecule has 0 aliphatic heterocycles. The monoisotopic (exact) mass is 373 g/mol. The van der Waals surface area contributed by atoms with Crippen LogP contribution in [0.5, 0.6) is 0 Å². The standard InChI is InChI=1S/C20H18F3N3O/c1-13(15-6-8-16(9-7-15)20(21,22)23)10-19(27)24-11-17-12-26-14(2)4-3-5-18(26)25-17/h3-10,12H,11H2,1-2H3,(H,24,27). The lowest BCUT2D eigenvalue weighted by molar-refractivity contribution is -0.137. The Hall–Kier alpha value is -3.09. The van der Waals surface area contributed by atoms with Crippen LogP contribution in [0.25, 0.3) is 11.2 Å². The number of nitrogens with zero attached hydrogens (tertiary/aromatic N) is 2. The maximum Gasteiger partial charge on any atom is 0.416 e. The van der Waals surface area contributed by atoms with Gasteiger partial charge < -0.3 is 9.72 Å². The first kappa shape index (κ1) is 18.7. The molecule has 27 heavy (non-hydrogen) atoms. The van der Waals surface area contributed by atoms with Gasteiger partial charge in [0.05, 0.1) is 17.8 Å². The summed E-state index contributed by atoms with van der Waals surface area (Å²) in [4.78, 5) is 16.5. The summed E-state index contributed by atoms with van der Waals surface area (Å²) in [7, 11) is 0. The Labute approximate surface area is 154 Å². The summed E-state index contributed by atoms with van der Waals surface area (Å²) in [6, 6.07) is 10.5. The van der Waals surface area contributed by atoms with Gasteiger partial charge in [-0.3, -0.25) is 4.79 Å². The first-order valence-electron chi connectivity index (χ1n) is 8.31. The van der Waals surface area contributed by atoms with E-state index < -0.39 is 11.7 Å². The molecule has 2 aromatic heterocycles. The molecule has 3 rings (SSSR count). The fraction of sp³-hybridized carbons (Fsp3) is 0.200. The molecule has 0 spiro atoms. The van der Waals surface area contributed by atoms with Gasteiger partial charge >= 0.3 is 6.18 Å². The van der Waals surface area contributed by atoms with Crippen LogP contribution in [0, 0.1) is 6.92 Å². The minimum Gasteiger partial charge on any atom is -0.347 e. The van der Waals surface area contributed by atoms with Crippen LogP contribution < -0.4 is 5.32 Å². The summed E-state index contributed by atoms with van der Waals surface area (Å²) in [6.45, 7) is 3.90. The third-order valence-electron chi connectivity index (χ3n) is 4.20. The predicted octanol–water partition coefficient (Wildman–Crippen LogP) is 4.38. The number of carbonyl (C=O) groups excluding carboxylic acids is 1. The van der Waals surface area contributed by atoms with Crippen LogP contribution in [0.4, 0.5) is 13.2 Å². The zero-order chi connectivity index (χ0) is 19.6. The highest BCUT2D eigenvalue weighted by Crippen LogP contribution is 2.30. The maximum atomic E-state index is 12.6. The second-order valence-electron chi connectivity index (χ2n) is 6.25. The third kappa shape index (κ3) is 4.36. The van der Waals surface area contributed by atoms with Gasteiger partial charge in [0.25, 0.3) is 0 Å². The molecular weight excluding hydrogens is 355 g/mol. The molecule has 2 heterocycles. The average molecular weight is 373 g/mol. The number of imidazole rings is 1. The van der Waals surface area contributed by atoms with Crippen molar-refractivity contribution >= 4 is 17.1 Å². The van der Waals surface area contributed by atoms with Gasteiger partial charge in [-0.15, -0.1) is 0 Å². The topological polar surface area (TPSA) is 46.4 Å². The smallest absolute Gasteiger partial charge is 0.347 e. The van der Waals surface area contributed by atoms with Gasteiger partial charge in [0.1, 0.15) is 5.65 Å². The number of allylic oxidation sites excluding steroid dienone is 1. The number of hydrogen-bond donors (Lipinski definition) is 1. The Bertz CT molecular complexity index is 1000. The van der Waals surface area contributed by atoms with Gasteiger partial charge in [-0.25, -0.2) is 4.98 Å². The van der Waals surface area contributed by atoms with Crippen molar-refractivity contribution in [3.63, 3.8) is 0 Å². The van der Waals surface area contributed by atoms with E-state index in [9.17, 15) is 18.0 Å². The second kappa shape index (κ2) is 7.26. The number of aryl methyl sites for hydroxylation is 1. The Morgan fingerprint density at radius 2 is 1.89 bits per heavy atom. The molecule has 140 valence electrons. The lowest BCUT2D eigenvalue weighted by atomic mass is 10.0. The molecule has 4 nitrogen and oxygen atoms in total. The van der Waals surface area contributed by atoms with Crippen molar-refractivity contribution < 1.29 is 18.0 Å². The number of fused-ring (bicyclic) bond motifs is 1. The van der Waals surface area contributed by atoms with Crippen LogP contribution >= 0.6 is 0 Å². The molecule has 0 bridgehead atoms. The van der Waals surface area contributed by atoms with Crippen molar-refractivity contribution in [3.8, 4) is 0 Å². The fourth-order valence-electron chi connectivity index (χ4n) is 2.71. The van der Waals surface area contributed by atoms with E-state index in [4.69, 9.17) is 0 Å². The van der Waals surface area contributed by atoms with Crippen molar-refractivity contribution in [2.24, 2.45) is 0 Å². The maximum absolute atomic E-state index is 12.6.